The Morgan fingerprint density at radius 2 is 1.63 bits per heavy atom. The van der Waals surface area contributed by atoms with E-state index in [0.29, 0.717) is 27.3 Å². The minimum atomic E-state index is -1.25. The number of nitrogens with one attached hydrogen (secondary N) is 2. The number of benzene rings is 5. The van der Waals surface area contributed by atoms with Crippen LogP contribution in [0, 0.1) is 13.8 Å². The Bertz CT molecular complexity index is 2640. The van der Waals surface area contributed by atoms with E-state index in [2.05, 4.69) is 15.6 Å². The molecule has 0 aliphatic carbocycles. The number of aliphatic carboxylic acids is 1. The molecule has 11 nitrogen and oxygen atoms in total. The number of halogens is 2. The maximum Gasteiger partial charge on any atom is 0.326 e. The van der Waals surface area contributed by atoms with Crippen molar-refractivity contribution in [3.63, 3.8) is 0 Å². The number of nitrogens with zero attached hydrogens (tertiary/aromatic N) is 2. The second kappa shape index (κ2) is 18.8. The highest BCUT2D eigenvalue weighted by molar-refractivity contribution is 6.42. The van der Waals surface area contributed by atoms with Crippen molar-refractivity contribution in [1.29, 1.82) is 0 Å². The Hall–Kier alpha value is -6.56. The molecule has 1 aromatic heterocycles. The fourth-order valence-electron chi connectivity index (χ4n) is 7.93. The summed E-state index contributed by atoms with van der Waals surface area (Å²) in [6, 6.07) is 32.7. The summed E-state index contributed by atoms with van der Waals surface area (Å²) in [5.41, 5.74) is 8.88. The van der Waals surface area contributed by atoms with E-state index >= 15 is 0 Å². The molecular formula is C50H46Cl2N4O7. The van der Waals surface area contributed by atoms with Gasteiger partial charge in [0.2, 0.25) is 5.91 Å². The van der Waals surface area contributed by atoms with Crippen LogP contribution in [0.5, 0.6) is 17.2 Å². The molecule has 322 valence electrons. The normalized spacial score (nSPS) is 16.3. The zero-order valence-corrected chi connectivity index (χ0v) is 36.5. The zero-order valence-electron chi connectivity index (χ0n) is 34.9. The molecular weight excluding hydrogens is 839 g/mol. The SMILES string of the molecule is Cc1nccc(-c2ccc(C[C@H](NC(=O)[C@@H]3Cc4cc5c(cc4CN3C(=O)N[C@H](C)c3ccccc3)O[C@@H](c3ccc(OCc4cccc(Cl)c4Cl)cc3)CO5)C(=O)O)cc2)c1C. The lowest BCUT2D eigenvalue weighted by molar-refractivity contribution is -0.142. The number of urea groups is 1. The topological polar surface area (TPSA) is 139 Å². The number of pyridine rings is 1. The summed E-state index contributed by atoms with van der Waals surface area (Å²) in [5.74, 6) is -0.0880. The van der Waals surface area contributed by atoms with Gasteiger partial charge in [-0.1, -0.05) is 102 Å². The number of carboxylic acids is 1. The smallest absolute Gasteiger partial charge is 0.326 e. The predicted octanol–water partition coefficient (Wildman–Crippen LogP) is 9.77. The lowest BCUT2D eigenvalue weighted by Gasteiger charge is -2.38. The van der Waals surface area contributed by atoms with Gasteiger partial charge in [-0.3, -0.25) is 9.78 Å². The lowest BCUT2D eigenvalue weighted by Crippen LogP contribution is -2.57. The minimum absolute atomic E-state index is 0.0454. The first-order chi connectivity index (χ1) is 30.4. The van der Waals surface area contributed by atoms with E-state index in [-0.39, 0.29) is 38.6 Å². The van der Waals surface area contributed by atoms with Crippen molar-refractivity contribution in [2.45, 2.75) is 71.0 Å². The Balaban J connectivity index is 0.990. The molecule has 0 spiro atoms. The standard InChI is InChI=1S/C50H46Cl2N4O7/c1-29-30(2)53-21-20-40(29)34-14-12-32(13-15-34)22-42(49(58)59)55-48(57)43-23-37-24-44-45(25-38(37)26-56(43)50(60)54-31(3)33-8-5-4-6-9-33)63-46(28-62-44)35-16-18-39(19-17-35)61-27-36-10-7-11-41(51)47(36)52/h4-21,24-25,31,42-43,46H,22-23,26-28H2,1-3H3,(H,54,60)(H,55,57)(H,58,59)/t31-,42+,43+,46-/m1/s1. The van der Waals surface area contributed by atoms with Gasteiger partial charge in [0.15, 0.2) is 17.6 Å². The summed E-state index contributed by atoms with van der Waals surface area (Å²) >= 11 is 12.5. The van der Waals surface area contributed by atoms with Crippen LogP contribution in [-0.4, -0.2) is 51.6 Å². The fraction of sp³-hybridized carbons (Fsp3) is 0.240. The van der Waals surface area contributed by atoms with E-state index in [4.69, 9.17) is 37.4 Å². The second-order valence-electron chi connectivity index (χ2n) is 15.9. The van der Waals surface area contributed by atoms with Gasteiger partial charge in [-0.25, -0.2) is 9.59 Å². The fourth-order valence-corrected chi connectivity index (χ4v) is 8.31. The molecule has 3 heterocycles. The van der Waals surface area contributed by atoms with Crippen LogP contribution in [0.2, 0.25) is 10.0 Å². The lowest BCUT2D eigenvalue weighted by atomic mass is 9.92. The summed E-state index contributed by atoms with van der Waals surface area (Å²) in [5, 5.41) is 17.1. The Kier molecular flexibility index (Phi) is 12.9. The van der Waals surface area contributed by atoms with Crippen LogP contribution in [0.3, 0.4) is 0 Å². The van der Waals surface area contributed by atoms with E-state index in [1.165, 1.54) is 4.90 Å². The van der Waals surface area contributed by atoms with Crippen LogP contribution in [-0.2, 0) is 35.6 Å². The van der Waals surface area contributed by atoms with E-state index in [1.807, 2.05) is 130 Å². The number of hydrogen-bond acceptors (Lipinski definition) is 7. The molecule has 0 fully saturated rings. The molecule has 13 heteroatoms. The summed E-state index contributed by atoms with van der Waals surface area (Å²) in [6.07, 6.45) is 1.52. The van der Waals surface area contributed by atoms with Gasteiger partial charge in [-0.2, -0.15) is 0 Å². The number of carboxylic acid groups (broad SMARTS) is 1. The molecule has 0 saturated carbocycles. The van der Waals surface area contributed by atoms with Gasteiger partial charge in [0.25, 0.3) is 0 Å². The van der Waals surface area contributed by atoms with Gasteiger partial charge < -0.3 is 34.9 Å². The van der Waals surface area contributed by atoms with Crippen LogP contribution in [0.15, 0.2) is 121 Å². The number of hydrogen-bond donors (Lipinski definition) is 3. The zero-order chi connectivity index (χ0) is 44.2. The number of carbonyl (C=O) groups is 3. The quantitative estimate of drug-likeness (QED) is 0.110. The first-order valence-electron chi connectivity index (χ1n) is 20.7. The molecule has 8 rings (SSSR count). The third-order valence-electron chi connectivity index (χ3n) is 11.7. The van der Waals surface area contributed by atoms with Gasteiger partial charge in [0.05, 0.1) is 16.1 Å². The molecule has 2 aliphatic heterocycles. The number of rotatable bonds is 12. The summed E-state index contributed by atoms with van der Waals surface area (Å²) in [6.45, 7) is 6.41. The molecule has 0 bridgehead atoms. The highest BCUT2D eigenvalue weighted by atomic mass is 35.5. The molecule has 4 atom stereocenters. The highest BCUT2D eigenvalue weighted by Gasteiger charge is 2.38. The predicted molar refractivity (Wildman–Crippen MR) is 241 cm³/mol. The van der Waals surface area contributed by atoms with Crippen molar-refractivity contribution in [3.8, 4) is 28.4 Å². The van der Waals surface area contributed by atoms with Gasteiger partial charge in [-0.15, -0.1) is 0 Å². The van der Waals surface area contributed by atoms with Gasteiger partial charge >= 0.3 is 12.0 Å². The van der Waals surface area contributed by atoms with Gasteiger partial charge in [-0.05, 0) is 102 Å². The average molecular weight is 886 g/mol. The molecule has 3 N–H and O–H groups in total. The summed E-state index contributed by atoms with van der Waals surface area (Å²) in [7, 11) is 0. The van der Waals surface area contributed by atoms with E-state index in [9.17, 15) is 19.5 Å². The highest BCUT2D eigenvalue weighted by Crippen LogP contribution is 2.41. The minimum Gasteiger partial charge on any atom is -0.489 e. The Labute approximate surface area is 375 Å². The number of aryl methyl sites for hydroxylation is 1. The van der Waals surface area contributed by atoms with Crippen molar-refractivity contribution in [2.24, 2.45) is 0 Å². The molecule has 3 amide bonds. The number of carbonyl (C=O) groups excluding carboxylic acids is 2. The number of fused-ring (bicyclic) bond motifs is 2. The molecule has 0 unspecified atom stereocenters. The molecule has 6 aromatic rings. The number of aromatic nitrogens is 1. The van der Waals surface area contributed by atoms with Crippen molar-refractivity contribution in [2.75, 3.05) is 6.61 Å². The van der Waals surface area contributed by atoms with Crippen molar-refractivity contribution < 1.29 is 33.7 Å². The van der Waals surface area contributed by atoms with Gasteiger partial charge in [0.1, 0.15) is 31.0 Å². The largest absolute Gasteiger partial charge is 0.489 e. The Morgan fingerprint density at radius 3 is 2.38 bits per heavy atom. The summed E-state index contributed by atoms with van der Waals surface area (Å²) < 4.78 is 18.7. The average Bonchev–Trinajstić information content (AvgIpc) is 3.29. The van der Waals surface area contributed by atoms with E-state index < -0.39 is 36.1 Å². The molecule has 63 heavy (non-hydrogen) atoms. The first kappa shape index (κ1) is 43.1. The Morgan fingerprint density at radius 1 is 0.889 bits per heavy atom. The maximum atomic E-state index is 14.3. The van der Waals surface area contributed by atoms with Crippen molar-refractivity contribution >= 4 is 41.1 Å². The van der Waals surface area contributed by atoms with Crippen LogP contribution in [0.4, 0.5) is 4.79 Å². The first-order valence-corrected chi connectivity index (χ1v) is 21.4. The monoisotopic (exact) mass is 884 g/mol. The van der Waals surface area contributed by atoms with Gasteiger partial charge in [0, 0.05) is 36.8 Å². The molecule has 0 saturated heterocycles. The second-order valence-corrected chi connectivity index (χ2v) is 16.6. The maximum absolute atomic E-state index is 14.3. The molecule has 0 radical (unpaired) electrons. The van der Waals surface area contributed by atoms with Crippen LogP contribution in [0.25, 0.3) is 11.1 Å². The third-order valence-corrected chi connectivity index (χ3v) is 12.6. The van der Waals surface area contributed by atoms with E-state index in [0.717, 1.165) is 55.8 Å². The van der Waals surface area contributed by atoms with E-state index in [1.54, 1.807) is 12.3 Å². The van der Waals surface area contributed by atoms with Crippen molar-refractivity contribution in [1.82, 2.24) is 20.5 Å². The van der Waals surface area contributed by atoms with Crippen LogP contribution >= 0.6 is 23.2 Å². The van der Waals surface area contributed by atoms with Crippen LogP contribution < -0.4 is 24.8 Å². The van der Waals surface area contributed by atoms with Crippen molar-refractivity contribution in [3.05, 3.63) is 176 Å². The van der Waals surface area contributed by atoms with Crippen LogP contribution in [0.1, 0.15) is 63.7 Å². The number of ether oxygens (including phenoxy) is 3. The molecule has 2 aliphatic rings. The third kappa shape index (κ3) is 9.75. The molecule has 5 aromatic carbocycles. The number of amides is 3. The summed E-state index contributed by atoms with van der Waals surface area (Å²) in [4.78, 5) is 46.9.